The van der Waals surface area contributed by atoms with Crippen LogP contribution in [0.5, 0.6) is 0 Å². The third-order valence-electron chi connectivity index (χ3n) is 5.21. The fraction of sp³-hybridized carbons (Fsp3) is 0.273. The molecular weight excluding hydrogens is 391 g/mol. The first-order valence-electron chi connectivity index (χ1n) is 9.65. The number of carbonyl (C=O) groups excluding carboxylic acids is 1. The first kappa shape index (κ1) is 19.6. The van der Waals surface area contributed by atoms with Gasteiger partial charge in [0.25, 0.3) is 5.91 Å². The predicted molar refractivity (Wildman–Crippen MR) is 114 cm³/mol. The lowest BCUT2D eigenvalue weighted by Gasteiger charge is -2.36. The number of aromatic nitrogens is 1. The maximum atomic E-state index is 13.0. The van der Waals surface area contributed by atoms with Crippen LogP contribution in [0.3, 0.4) is 0 Å². The Hall–Kier alpha value is -2.70. The number of carbonyl (C=O) groups is 1. The third-order valence-corrected chi connectivity index (χ3v) is 5.45. The summed E-state index contributed by atoms with van der Waals surface area (Å²) in [7, 11) is 0. The van der Waals surface area contributed by atoms with Gasteiger partial charge in [-0.2, -0.15) is 0 Å². The number of hydrogen-bond acceptors (Lipinski definition) is 4. The van der Waals surface area contributed by atoms with Gasteiger partial charge in [-0.15, -0.1) is 0 Å². The number of nitrogens with one attached hydrogen (secondary N) is 1. The molecule has 0 atom stereocenters. The number of hydrogen-bond donors (Lipinski definition) is 1. The minimum absolute atomic E-state index is 0.175. The van der Waals surface area contributed by atoms with Crippen LogP contribution in [0.15, 0.2) is 54.7 Å². The normalized spacial score (nSPS) is 14.9. The fourth-order valence-electron chi connectivity index (χ4n) is 3.63. The van der Waals surface area contributed by atoms with Gasteiger partial charge in [0, 0.05) is 67.1 Å². The van der Waals surface area contributed by atoms with Gasteiger partial charge in [0.2, 0.25) is 0 Å². The van der Waals surface area contributed by atoms with E-state index in [1.54, 1.807) is 0 Å². The SMILES string of the molecule is O=C(NCCN1CCN(c2ccnc3cc(Cl)ccc23)CC1)c1ccc(F)cc1. The van der Waals surface area contributed by atoms with Crippen molar-refractivity contribution in [2.75, 3.05) is 44.2 Å². The van der Waals surface area contributed by atoms with Gasteiger partial charge in [-0.3, -0.25) is 14.7 Å². The van der Waals surface area contributed by atoms with Crippen LogP contribution in [-0.2, 0) is 0 Å². The summed E-state index contributed by atoms with van der Waals surface area (Å²) in [6, 6.07) is 13.4. The van der Waals surface area contributed by atoms with E-state index in [9.17, 15) is 9.18 Å². The number of pyridine rings is 1. The Kier molecular flexibility index (Phi) is 5.92. The Morgan fingerprint density at radius 2 is 1.83 bits per heavy atom. The van der Waals surface area contributed by atoms with Crippen molar-refractivity contribution < 1.29 is 9.18 Å². The highest BCUT2D eigenvalue weighted by atomic mass is 35.5. The van der Waals surface area contributed by atoms with Crippen molar-refractivity contribution in [3.05, 3.63) is 71.1 Å². The molecule has 1 aliphatic heterocycles. The molecule has 0 bridgehead atoms. The highest BCUT2D eigenvalue weighted by Gasteiger charge is 2.19. The van der Waals surface area contributed by atoms with Gasteiger partial charge in [0.1, 0.15) is 5.82 Å². The third kappa shape index (κ3) is 4.66. The van der Waals surface area contributed by atoms with E-state index in [1.165, 1.54) is 30.0 Å². The number of fused-ring (bicyclic) bond motifs is 1. The summed E-state index contributed by atoms with van der Waals surface area (Å²) in [6.45, 7) is 5.01. The van der Waals surface area contributed by atoms with E-state index in [0.29, 0.717) is 17.1 Å². The van der Waals surface area contributed by atoms with Crippen molar-refractivity contribution in [2.45, 2.75) is 0 Å². The highest BCUT2D eigenvalue weighted by molar-refractivity contribution is 6.31. The number of anilines is 1. The molecule has 5 nitrogen and oxygen atoms in total. The molecule has 2 heterocycles. The molecule has 7 heteroatoms. The summed E-state index contributed by atoms with van der Waals surface area (Å²) in [6.07, 6.45) is 1.82. The van der Waals surface area contributed by atoms with Gasteiger partial charge < -0.3 is 10.2 Å². The Bertz CT molecular complexity index is 1000. The first-order valence-corrected chi connectivity index (χ1v) is 10.0. The smallest absolute Gasteiger partial charge is 0.251 e. The fourth-order valence-corrected chi connectivity index (χ4v) is 3.79. The Morgan fingerprint density at radius 3 is 2.59 bits per heavy atom. The number of halogens is 2. The zero-order valence-electron chi connectivity index (χ0n) is 15.9. The summed E-state index contributed by atoms with van der Waals surface area (Å²) in [5, 5.41) is 4.70. The van der Waals surface area contributed by atoms with Gasteiger partial charge in [-0.05, 0) is 48.5 Å². The van der Waals surface area contributed by atoms with E-state index in [-0.39, 0.29) is 11.7 Å². The van der Waals surface area contributed by atoms with E-state index in [1.807, 2.05) is 24.4 Å². The van der Waals surface area contributed by atoms with Crippen LogP contribution in [0, 0.1) is 5.82 Å². The van der Waals surface area contributed by atoms with E-state index >= 15 is 0 Å². The second kappa shape index (κ2) is 8.76. The molecule has 1 aliphatic rings. The van der Waals surface area contributed by atoms with Crippen LogP contribution in [0.2, 0.25) is 5.02 Å². The summed E-state index contributed by atoms with van der Waals surface area (Å²) in [5.74, 6) is -0.518. The van der Waals surface area contributed by atoms with Gasteiger partial charge in [-0.1, -0.05) is 11.6 Å². The van der Waals surface area contributed by atoms with Gasteiger partial charge in [-0.25, -0.2) is 4.39 Å². The molecule has 29 heavy (non-hydrogen) atoms. The average Bonchev–Trinajstić information content (AvgIpc) is 2.74. The lowest BCUT2D eigenvalue weighted by atomic mass is 10.1. The Labute approximate surface area is 174 Å². The standard InChI is InChI=1S/C22H22ClFN4O/c23-17-3-6-19-20(15-17)25-8-7-21(19)28-13-11-27(12-14-28)10-9-26-22(29)16-1-4-18(24)5-2-16/h1-8,15H,9-14H2,(H,26,29). The lowest BCUT2D eigenvalue weighted by molar-refractivity contribution is 0.0947. The zero-order chi connectivity index (χ0) is 20.2. The van der Waals surface area contributed by atoms with Crippen LogP contribution in [0.1, 0.15) is 10.4 Å². The second-order valence-corrected chi connectivity index (χ2v) is 7.52. The molecule has 0 radical (unpaired) electrons. The number of nitrogens with zero attached hydrogens (tertiary/aromatic N) is 3. The molecular formula is C22H22ClFN4O. The summed E-state index contributed by atoms with van der Waals surface area (Å²) in [4.78, 5) is 21.2. The Morgan fingerprint density at radius 1 is 1.07 bits per heavy atom. The van der Waals surface area contributed by atoms with Crippen LogP contribution in [0.25, 0.3) is 10.9 Å². The first-order chi connectivity index (χ1) is 14.1. The highest BCUT2D eigenvalue weighted by Crippen LogP contribution is 2.28. The van der Waals surface area contributed by atoms with Crippen molar-refractivity contribution in [1.29, 1.82) is 0 Å². The van der Waals surface area contributed by atoms with Crippen molar-refractivity contribution in [1.82, 2.24) is 15.2 Å². The maximum Gasteiger partial charge on any atom is 0.251 e. The van der Waals surface area contributed by atoms with Gasteiger partial charge in [0.15, 0.2) is 0 Å². The molecule has 0 aliphatic carbocycles. The molecule has 1 aromatic heterocycles. The number of benzene rings is 2. The monoisotopic (exact) mass is 412 g/mol. The molecule has 4 rings (SSSR count). The lowest BCUT2D eigenvalue weighted by Crippen LogP contribution is -2.48. The molecule has 1 saturated heterocycles. The summed E-state index contributed by atoms with van der Waals surface area (Å²) in [5.41, 5.74) is 2.55. The molecule has 0 spiro atoms. The minimum Gasteiger partial charge on any atom is -0.368 e. The molecule has 1 N–H and O–H groups in total. The second-order valence-electron chi connectivity index (χ2n) is 7.08. The topological polar surface area (TPSA) is 48.5 Å². The van der Waals surface area contributed by atoms with Crippen molar-refractivity contribution in [2.24, 2.45) is 0 Å². The predicted octanol–water partition coefficient (Wildman–Crippen LogP) is 3.58. The van der Waals surface area contributed by atoms with E-state index in [0.717, 1.165) is 43.6 Å². The number of amides is 1. The molecule has 3 aromatic rings. The molecule has 0 unspecified atom stereocenters. The van der Waals surface area contributed by atoms with Crippen molar-refractivity contribution >= 4 is 34.1 Å². The van der Waals surface area contributed by atoms with Crippen molar-refractivity contribution in [3.8, 4) is 0 Å². The zero-order valence-corrected chi connectivity index (χ0v) is 16.7. The summed E-state index contributed by atoms with van der Waals surface area (Å²) < 4.78 is 13.0. The molecule has 1 amide bonds. The number of rotatable bonds is 5. The summed E-state index contributed by atoms with van der Waals surface area (Å²) >= 11 is 6.09. The number of piperazine rings is 1. The molecule has 1 fully saturated rings. The van der Waals surface area contributed by atoms with Crippen LogP contribution in [-0.4, -0.2) is 55.1 Å². The van der Waals surface area contributed by atoms with E-state index in [4.69, 9.17) is 11.6 Å². The largest absolute Gasteiger partial charge is 0.368 e. The molecule has 150 valence electrons. The van der Waals surface area contributed by atoms with Gasteiger partial charge in [0.05, 0.1) is 5.52 Å². The maximum absolute atomic E-state index is 13.0. The van der Waals surface area contributed by atoms with Crippen LogP contribution >= 0.6 is 11.6 Å². The molecule has 2 aromatic carbocycles. The van der Waals surface area contributed by atoms with Gasteiger partial charge >= 0.3 is 0 Å². The average molecular weight is 413 g/mol. The van der Waals surface area contributed by atoms with E-state index < -0.39 is 0 Å². The van der Waals surface area contributed by atoms with E-state index in [2.05, 4.69) is 26.2 Å². The Balaban J connectivity index is 1.29. The quantitative estimate of drug-likeness (QED) is 0.696. The minimum atomic E-state index is -0.343. The molecule has 0 saturated carbocycles. The van der Waals surface area contributed by atoms with Crippen LogP contribution in [0.4, 0.5) is 10.1 Å². The van der Waals surface area contributed by atoms with Crippen LogP contribution < -0.4 is 10.2 Å². The van der Waals surface area contributed by atoms with Crippen molar-refractivity contribution in [3.63, 3.8) is 0 Å².